The quantitative estimate of drug-likeness (QED) is 0.849. The first-order valence-electron chi connectivity index (χ1n) is 6.09. The number of hydrogen-bond donors (Lipinski definition) is 1. The Labute approximate surface area is 115 Å². The van der Waals surface area contributed by atoms with E-state index in [0.717, 1.165) is 0 Å². The van der Waals surface area contributed by atoms with Crippen LogP contribution in [-0.4, -0.2) is 21.2 Å². The zero-order valence-corrected chi connectivity index (χ0v) is 11.4. The number of ether oxygens (including phenoxy) is 1. The topological polar surface area (TPSA) is 92.1 Å². The Hall–Kier alpha value is -2.57. The highest BCUT2D eigenvalue weighted by Crippen LogP contribution is 2.05. The molecule has 0 aliphatic rings. The van der Waals surface area contributed by atoms with Crippen molar-refractivity contribution in [2.24, 2.45) is 0 Å². The van der Waals surface area contributed by atoms with E-state index in [1.54, 1.807) is 19.2 Å². The van der Waals surface area contributed by atoms with Crippen molar-refractivity contribution in [2.45, 2.75) is 20.0 Å². The summed E-state index contributed by atoms with van der Waals surface area (Å²) in [6.07, 6.45) is 1.54. The van der Waals surface area contributed by atoms with Crippen molar-refractivity contribution in [3.63, 3.8) is 0 Å². The molecule has 7 heteroatoms. The molecule has 0 spiro atoms. The van der Waals surface area contributed by atoms with Crippen LogP contribution in [-0.2, 0) is 13.1 Å². The molecule has 106 valence electrons. The lowest BCUT2D eigenvalue weighted by molar-refractivity contribution is 0.338. The maximum absolute atomic E-state index is 11.9. The molecule has 0 saturated heterocycles. The van der Waals surface area contributed by atoms with Gasteiger partial charge in [0.15, 0.2) is 0 Å². The summed E-state index contributed by atoms with van der Waals surface area (Å²) in [5, 5.41) is 0. The molecule has 20 heavy (non-hydrogen) atoms. The van der Waals surface area contributed by atoms with Gasteiger partial charge < -0.3 is 15.0 Å². The number of nitrogens with zero attached hydrogens (tertiary/aromatic N) is 3. The van der Waals surface area contributed by atoms with Gasteiger partial charge in [-0.25, -0.2) is 4.98 Å². The molecule has 0 unspecified atom stereocenters. The number of pyridine rings is 1. The van der Waals surface area contributed by atoms with Crippen LogP contribution in [0.3, 0.4) is 0 Å². The molecule has 2 aromatic heterocycles. The minimum Gasteiger partial charge on any atom is -0.468 e. The zero-order valence-electron chi connectivity index (χ0n) is 11.4. The molecular weight excluding hydrogens is 260 g/mol. The highest BCUT2D eigenvalue weighted by atomic mass is 16.5. The standard InChI is InChI=1S/C13H16N4O3/c1-9-7-12(19)17(13(15-9)20-2)6-5-16-8-10(14)3-4-11(16)18/h3-4,7-8H,5-6,14H2,1-2H3. The Balaban J connectivity index is 2.29. The van der Waals surface area contributed by atoms with Crippen LogP contribution in [0.15, 0.2) is 34.0 Å². The summed E-state index contributed by atoms with van der Waals surface area (Å²) in [4.78, 5) is 27.7. The summed E-state index contributed by atoms with van der Waals surface area (Å²) in [7, 11) is 1.45. The predicted molar refractivity (Wildman–Crippen MR) is 74.9 cm³/mol. The lowest BCUT2D eigenvalue weighted by Crippen LogP contribution is -2.27. The average molecular weight is 276 g/mol. The monoisotopic (exact) mass is 276 g/mol. The Bertz CT molecular complexity index is 733. The fraction of sp³-hybridized carbons (Fsp3) is 0.308. The Morgan fingerprint density at radius 1 is 1.25 bits per heavy atom. The van der Waals surface area contributed by atoms with Gasteiger partial charge in [-0.2, -0.15) is 0 Å². The molecule has 2 rings (SSSR count). The molecule has 0 aromatic carbocycles. The molecule has 0 bridgehead atoms. The Morgan fingerprint density at radius 2 is 2.00 bits per heavy atom. The first-order chi connectivity index (χ1) is 9.51. The van der Waals surface area contributed by atoms with E-state index < -0.39 is 0 Å². The molecule has 0 aliphatic carbocycles. The number of methoxy groups -OCH3 is 1. The molecular formula is C13H16N4O3. The van der Waals surface area contributed by atoms with Crippen LogP contribution >= 0.6 is 0 Å². The molecule has 2 aromatic rings. The normalized spacial score (nSPS) is 10.5. The van der Waals surface area contributed by atoms with Gasteiger partial charge >= 0.3 is 0 Å². The van der Waals surface area contributed by atoms with Gasteiger partial charge in [-0.1, -0.05) is 0 Å². The lowest BCUT2D eigenvalue weighted by atomic mass is 10.4. The van der Waals surface area contributed by atoms with Crippen LogP contribution in [0.1, 0.15) is 5.69 Å². The summed E-state index contributed by atoms with van der Waals surface area (Å²) >= 11 is 0. The van der Waals surface area contributed by atoms with Crippen molar-refractivity contribution in [3.8, 4) is 6.01 Å². The van der Waals surface area contributed by atoms with Gasteiger partial charge in [-0.3, -0.25) is 14.2 Å². The van der Waals surface area contributed by atoms with Crippen LogP contribution in [0.4, 0.5) is 5.69 Å². The summed E-state index contributed by atoms with van der Waals surface area (Å²) in [6.45, 7) is 2.31. The van der Waals surface area contributed by atoms with Crippen LogP contribution in [0.25, 0.3) is 0 Å². The van der Waals surface area contributed by atoms with Gasteiger partial charge in [0, 0.05) is 42.8 Å². The molecule has 7 nitrogen and oxygen atoms in total. The zero-order chi connectivity index (χ0) is 14.7. The minimum absolute atomic E-state index is 0.175. The van der Waals surface area contributed by atoms with E-state index in [1.807, 2.05) is 0 Å². The summed E-state index contributed by atoms with van der Waals surface area (Å²) < 4.78 is 7.91. The van der Waals surface area contributed by atoms with Gasteiger partial charge in [-0.05, 0) is 13.0 Å². The molecule has 0 atom stereocenters. The van der Waals surface area contributed by atoms with Crippen molar-refractivity contribution in [1.82, 2.24) is 14.1 Å². The third-order valence-corrected chi connectivity index (χ3v) is 2.85. The van der Waals surface area contributed by atoms with E-state index >= 15 is 0 Å². The smallest absolute Gasteiger partial charge is 0.299 e. The van der Waals surface area contributed by atoms with E-state index in [-0.39, 0.29) is 23.7 Å². The number of hydrogen-bond acceptors (Lipinski definition) is 5. The third kappa shape index (κ3) is 2.87. The minimum atomic E-state index is -0.216. The van der Waals surface area contributed by atoms with Crippen molar-refractivity contribution < 1.29 is 4.74 Å². The Morgan fingerprint density at radius 3 is 2.70 bits per heavy atom. The first kappa shape index (κ1) is 13.9. The second-order valence-electron chi connectivity index (χ2n) is 4.37. The maximum atomic E-state index is 11.9. The summed E-state index contributed by atoms with van der Waals surface area (Å²) in [5.74, 6) is 0. The number of aryl methyl sites for hydroxylation is 2. The second kappa shape index (κ2) is 5.60. The number of rotatable bonds is 4. The molecule has 0 fully saturated rings. The molecule has 0 saturated carbocycles. The van der Waals surface area contributed by atoms with Gasteiger partial charge in [0.05, 0.1) is 7.11 Å². The van der Waals surface area contributed by atoms with Gasteiger partial charge in [0.25, 0.3) is 17.1 Å². The molecule has 0 amide bonds. The second-order valence-corrected chi connectivity index (χ2v) is 4.37. The van der Waals surface area contributed by atoms with E-state index in [0.29, 0.717) is 17.9 Å². The van der Waals surface area contributed by atoms with Crippen LogP contribution in [0, 0.1) is 6.92 Å². The Kier molecular flexibility index (Phi) is 3.88. The van der Waals surface area contributed by atoms with E-state index in [9.17, 15) is 9.59 Å². The highest BCUT2D eigenvalue weighted by molar-refractivity contribution is 5.33. The summed E-state index contributed by atoms with van der Waals surface area (Å²) in [6, 6.07) is 4.58. The molecule has 0 aliphatic heterocycles. The van der Waals surface area contributed by atoms with Crippen LogP contribution < -0.4 is 21.6 Å². The third-order valence-electron chi connectivity index (χ3n) is 2.85. The fourth-order valence-corrected chi connectivity index (χ4v) is 1.89. The van der Waals surface area contributed by atoms with Gasteiger partial charge in [0.2, 0.25) is 0 Å². The first-order valence-corrected chi connectivity index (χ1v) is 6.09. The highest BCUT2D eigenvalue weighted by Gasteiger charge is 2.07. The maximum Gasteiger partial charge on any atom is 0.299 e. The number of nitrogens with two attached hydrogens (primary N) is 1. The van der Waals surface area contributed by atoms with E-state index in [1.165, 1.54) is 28.4 Å². The average Bonchev–Trinajstić information content (AvgIpc) is 2.40. The van der Waals surface area contributed by atoms with E-state index in [4.69, 9.17) is 10.5 Å². The largest absolute Gasteiger partial charge is 0.468 e. The number of aromatic nitrogens is 3. The van der Waals surface area contributed by atoms with Crippen molar-refractivity contribution in [2.75, 3.05) is 12.8 Å². The van der Waals surface area contributed by atoms with Crippen LogP contribution in [0.5, 0.6) is 6.01 Å². The van der Waals surface area contributed by atoms with Gasteiger partial charge in [-0.15, -0.1) is 0 Å². The van der Waals surface area contributed by atoms with Crippen molar-refractivity contribution in [1.29, 1.82) is 0 Å². The van der Waals surface area contributed by atoms with E-state index in [2.05, 4.69) is 4.98 Å². The van der Waals surface area contributed by atoms with Gasteiger partial charge in [0.1, 0.15) is 0 Å². The lowest BCUT2D eigenvalue weighted by Gasteiger charge is -2.12. The number of anilines is 1. The predicted octanol–water partition coefficient (Wildman–Crippen LogP) is 0.00442. The molecule has 0 radical (unpaired) electrons. The van der Waals surface area contributed by atoms with Crippen LogP contribution in [0.2, 0.25) is 0 Å². The SMILES string of the molecule is COc1nc(C)cc(=O)n1CCn1cc(N)ccc1=O. The molecule has 2 N–H and O–H groups in total. The summed E-state index contributed by atoms with van der Waals surface area (Å²) in [5.41, 5.74) is 6.32. The molecule has 2 heterocycles. The van der Waals surface area contributed by atoms with Crippen molar-refractivity contribution in [3.05, 3.63) is 50.8 Å². The fourth-order valence-electron chi connectivity index (χ4n) is 1.89. The van der Waals surface area contributed by atoms with Crippen molar-refractivity contribution >= 4 is 5.69 Å². The number of nitrogen functional groups attached to an aromatic ring is 1.